The number of carbonyl (C=O) groups excluding carboxylic acids is 1. The van der Waals surface area contributed by atoms with Gasteiger partial charge in [-0.15, -0.1) is 0 Å². The maximum Gasteiger partial charge on any atom is 0.412 e. The lowest BCUT2D eigenvalue weighted by Crippen LogP contribution is -2.36. The van der Waals surface area contributed by atoms with E-state index in [4.69, 9.17) is 16.3 Å². The fourth-order valence-electron chi connectivity index (χ4n) is 2.44. The average molecular weight is 254 g/mol. The summed E-state index contributed by atoms with van der Waals surface area (Å²) in [6, 6.07) is 0. The second kappa shape index (κ2) is 3.64. The van der Waals surface area contributed by atoms with Crippen molar-refractivity contribution in [2.24, 2.45) is 0 Å². The third-order valence-corrected chi connectivity index (χ3v) is 3.96. The summed E-state index contributed by atoms with van der Waals surface area (Å²) in [5.74, 6) is 0. The van der Waals surface area contributed by atoms with Crippen molar-refractivity contribution in [2.45, 2.75) is 40.2 Å². The fourth-order valence-corrected chi connectivity index (χ4v) is 2.67. The van der Waals surface area contributed by atoms with Crippen molar-refractivity contribution < 1.29 is 9.53 Å². The van der Waals surface area contributed by atoms with E-state index in [1.54, 1.807) is 0 Å². The number of benzene rings is 1. The third-order valence-electron chi connectivity index (χ3n) is 3.40. The monoisotopic (exact) mass is 253 g/mol. The molecule has 0 spiro atoms. The number of fused-ring (bicyclic) bond motifs is 1. The summed E-state index contributed by atoms with van der Waals surface area (Å²) in [5.41, 5.74) is 4.12. The molecule has 1 aliphatic heterocycles. The van der Waals surface area contributed by atoms with E-state index in [1.165, 1.54) is 0 Å². The lowest BCUT2D eigenvalue weighted by Gasteiger charge is -2.35. The van der Waals surface area contributed by atoms with Crippen LogP contribution in [0.3, 0.4) is 0 Å². The summed E-state index contributed by atoms with van der Waals surface area (Å²) in [5, 5.41) is 3.52. The van der Waals surface area contributed by atoms with Crippen molar-refractivity contribution in [1.29, 1.82) is 0 Å². The van der Waals surface area contributed by atoms with E-state index >= 15 is 0 Å². The molecule has 0 fully saturated rings. The highest BCUT2D eigenvalue weighted by atomic mass is 35.5. The largest absolute Gasteiger partial charge is 0.438 e. The summed E-state index contributed by atoms with van der Waals surface area (Å²) < 4.78 is 5.32. The number of ether oxygens (including phenoxy) is 1. The first kappa shape index (κ1) is 12.2. The quantitative estimate of drug-likeness (QED) is 0.757. The number of amides is 1. The minimum Gasteiger partial charge on any atom is -0.438 e. The van der Waals surface area contributed by atoms with Crippen molar-refractivity contribution in [2.75, 3.05) is 5.32 Å². The van der Waals surface area contributed by atoms with Crippen LogP contribution in [0.4, 0.5) is 10.5 Å². The van der Waals surface area contributed by atoms with E-state index in [1.807, 2.05) is 34.6 Å². The van der Waals surface area contributed by atoms with Crippen LogP contribution in [0.2, 0.25) is 5.02 Å². The Morgan fingerprint density at radius 3 is 2.29 bits per heavy atom. The van der Waals surface area contributed by atoms with Gasteiger partial charge in [0.2, 0.25) is 0 Å². The maximum atomic E-state index is 11.5. The summed E-state index contributed by atoms with van der Waals surface area (Å²) >= 11 is 6.32. The summed E-state index contributed by atoms with van der Waals surface area (Å²) in [4.78, 5) is 11.5. The second-order valence-corrected chi connectivity index (χ2v) is 5.34. The molecule has 0 saturated carbocycles. The standard InChI is InChI=1S/C13H16ClNO2/c1-6-7(2)11-9(8(3)10(6)14)13(4,5)17-12(16)15-11/h1-5H3,(H,15,16). The van der Waals surface area contributed by atoms with Crippen LogP contribution in [-0.2, 0) is 10.3 Å². The predicted octanol–water partition coefficient (Wildman–Crippen LogP) is 4.06. The molecule has 1 aromatic carbocycles. The maximum absolute atomic E-state index is 11.5. The number of halogens is 1. The van der Waals surface area contributed by atoms with E-state index in [0.29, 0.717) is 0 Å². The normalized spacial score (nSPS) is 17.2. The summed E-state index contributed by atoms with van der Waals surface area (Å²) in [6.45, 7) is 9.63. The fraction of sp³-hybridized carbons (Fsp3) is 0.462. The first-order valence-electron chi connectivity index (χ1n) is 5.55. The molecule has 1 aromatic rings. The number of anilines is 1. The van der Waals surface area contributed by atoms with Crippen LogP contribution in [-0.4, -0.2) is 6.09 Å². The zero-order valence-corrected chi connectivity index (χ0v) is 11.5. The molecule has 4 heteroatoms. The Morgan fingerprint density at radius 1 is 1.12 bits per heavy atom. The highest BCUT2D eigenvalue weighted by Crippen LogP contribution is 2.43. The highest BCUT2D eigenvalue weighted by Gasteiger charge is 2.37. The number of nitrogens with one attached hydrogen (secondary N) is 1. The van der Waals surface area contributed by atoms with Crippen LogP contribution in [0.5, 0.6) is 0 Å². The van der Waals surface area contributed by atoms with Crippen LogP contribution in [0.15, 0.2) is 0 Å². The first-order valence-corrected chi connectivity index (χ1v) is 5.93. The van der Waals surface area contributed by atoms with Gasteiger partial charge in [-0.3, -0.25) is 5.32 Å². The zero-order valence-electron chi connectivity index (χ0n) is 10.7. The van der Waals surface area contributed by atoms with Gasteiger partial charge >= 0.3 is 6.09 Å². The molecule has 1 aliphatic rings. The van der Waals surface area contributed by atoms with Crippen LogP contribution in [0, 0.1) is 20.8 Å². The summed E-state index contributed by atoms with van der Waals surface area (Å²) in [6.07, 6.45) is -0.410. The molecule has 0 bridgehead atoms. The van der Waals surface area contributed by atoms with Crippen LogP contribution in [0.1, 0.15) is 36.1 Å². The molecule has 1 heterocycles. The third kappa shape index (κ3) is 1.69. The van der Waals surface area contributed by atoms with Crippen LogP contribution < -0.4 is 5.32 Å². The van der Waals surface area contributed by atoms with Gasteiger partial charge in [-0.05, 0) is 51.3 Å². The molecule has 92 valence electrons. The average Bonchev–Trinajstić information content (AvgIpc) is 2.21. The van der Waals surface area contributed by atoms with Crippen molar-refractivity contribution in [3.63, 3.8) is 0 Å². The van der Waals surface area contributed by atoms with Crippen molar-refractivity contribution >= 4 is 23.4 Å². The minimum absolute atomic E-state index is 0.410. The molecule has 1 amide bonds. The lowest BCUT2D eigenvalue weighted by molar-refractivity contribution is 0.0415. The predicted molar refractivity (Wildman–Crippen MR) is 68.8 cm³/mol. The highest BCUT2D eigenvalue weighted by molar-refractivity contribution is 6.32. The van der Waals surface area contributed by atoms with E-state index in [2.05, 4.69) is 5.32 Å². The molecule has 2 rings (SSSR count). The molecular formula is C13H16ClNO2. The molecule has 0 saturated heterocycles. The number of hydrogen-bond donors (Lipinski definition) is 1. The zero-order chi connectivity index (χ0) is 13.0. The van der Waals surface area contributed by atoms with E-state index < -0.39 is 11.7 Å². The molecule has 0 radical (unpaired) electrons. The molecule has 1 N–H and O–H groups in total. The Labute approximate surface area is 106 Å². The first-order chi connectivity index (χ1) is 7.75. The molecule has 17 heavy (non-hydrogen) atoms. The van der Waals surface area contributed by atoms with Gasteiger partial charge in [0.15, 0.2) is 0 Å². The number of hydrogen-bond acceptors (Lipinski definition) is 2. The molecule has 0 aliphatic carbocycles. The van der Waals surface area contributed by atoms with Gasteiger partial charge in [-0.25, -0.2) is 4.79 Å². The minimum atomic E-state index is -0.649. The molecule has 0 aromatic heterocycles. The van der Waals surface area contributed by atoms with Crippen molar-refractivity contribution in [1.82, 2.24) is 0 Å². The molecule has 0 atom stereocenters. The van der Waals surface area contributed by atoms with Gasteiger partial charge in [0.25, 0.3) is 0 Å². The van der Waals surface area contributed by atoms with E-state index in [0.717, 1.165) is 33.0 Å². The smallest absolute Gasteiger partial charge is 0.412 e. The van der Waals surface area contributed by atoms with Gasteiger partial charge in [0, 0.05) is 10.6 Å². The van der Waals surface area contributed by atoms with Gasteiger partial charge in [0.1, 0.15) is 5.60 Å². The molecule has 3 nitrogen and oxygen atoms in total. The van der Waals surface area contributed by atoms with Crippen LogP contribution >= 0.6 is 11.6 Å². The van der Waals surface area contributed by atoms with Crippen molar-refractivity contribution in [3.05, 3.63) is 27.3 Å². The van der Waals surface area contributed by atoms with Gasteiger partial charge in [-0.1, -0.05) is 11.6 Å². The lowest BCUT2D eigenvalue weighted by atomic mass is 9.86. The second-order valence-electron chi connectivity index (χ2n) is 4.96. The number of rotatable bonds is 0. The Morgan fingerprint density at radius 2 is 1.71 bits per heavy atom. The number of carbonyl (C=O) groups is 1. The Balaban J connectivity index is 2.84. The number of cyclic esters (lactones) is 1. The van der Waals surface area contributed by atoms with Crippen molar-refractivity contribution in [3.8, 4) is 0 Å². The summed E-state index contributed by atoms with van der Waals surface area (Å²) in [7, 11) is 0. The van der Waals surface area contributed by atoms with Gasteiger partial charge in [-0.2, -0.15) is 0 Å². The Bertz CT molecular complexity index is 521. The van der Waals surface area contributed by atoms with E-state index in [9.17, 15) is 4.79 Å². The van der Waals surface area contributed by atoms with Crippen LogP contribution in [0.25, 0.3) is 0 Å². The Hall–Kier alpha value is -1.22. The SMILES string of the molecule is Cc1c(C)c2c(c(C)c1Cl)C(C)(C)OC(=O)N2. The van der Waals surface area contributed by atoms with Gasteiger partial charge < -0.3 is 4.74 Å². The topological polar surface area (TPSA) is 38.3 Å². The molecular weight excluding hydrogens is 238 g/mol. The van der Waals surface area contributed by atoms with E-state index in [-0.39, 0.29) is 0 Å². The Kier molecular flexibility index (Phi) is 2.62. The van der Waals surface area contributed by atoms with Gasteiger partial charge in [0.05, 0.1) is 5.69 Å². The molecule has 0 unspecified atom stereocenters.